The topological polar surface area (TPSA) is 212 Å². The number of imidazole rings is 2. The van der Waals surface area contributed by atoms with Crippen LogP contribution in [0.15, 0.2) is 54.9 Å². The lowest BCUT2D eigenvalue weighted by Crippen LogP contribution is -2.49. The predicted molar refractivity (Wildman–Crippen MR) is 205 cm³/mol. The average molecular weight is 779 g/mol. The van der Waals surface area contributed by atoms with Gasteiger partial charge in [-0.15, -0.1) is 0 Å². The summed E-state index contributed by atoms with van der Waals surface area (Å²) in [6.45, 7) is 1.12. The molecule has 2 aliphatic heterocycles. The lowest BCUT2D eigenvalue weighted by molar-refractivity contribution is -0.135. The Kier molecular flexibility index (Phi) is 10.4. The van der Waals surface area contributed by atoms with Crippen LogP contribution in [0.25, 0.3) is 33.6 Å². The Labute approximate surface area is 328 Å². The summed E-state index contributed by atoms with van der Waals surface area (Å²) >= 11 is 0. The van der Waals surface area contributed by atoms with Gasteiger partial charge in [0, 0.05) is 18.7 Å². The number of nitrogens with zero attached hydrogens (tertiary/aromatic N) is 4. The Morgan fingerprint density at radius 1 is 0.684 bits per heavy atom. The lowest BCUT2D eigenvalue weighted by Gasteiger charge is -2.28. The number of carboxylic acids is 1. The second-order valence-corrected chi connectivity index (χ2v) is 15.3. The van der Waals surface area contributed by atoms with E-state index < -0.39 is 30.2 Å². The minimum Gasteiger partial charge on any atom is -0.478 e. The zero-order valence-electron chi connectivity index (χ0n) is 31.8. The molecular weight excluding hydrogens is 732 g/mol. The highest BCUT2D eigenvalue weighted by atomic mass is 16.5. The first kappa shape index (κ1) is 37.7. The van der Waals surface area contributed by atoms with Crippen LogP contribution in [0.3, 0.4) is 0 Å². The van der Waals surface area contributed by atoms with Crippen molar-refractivity contribution >= 4 is 30.0 Å². The van der Waals surface area contributed by atoms with E-state index >= 15 is 0 Å². The number of carbonyl (C=O) groups is 5. The summed E-state index contributed by atoms with van der Waals surface area (Å²) in [5.41, 5.74) is 4.26. The van der Waals surface area contributed by atoms with Crippen molar-refractivity contribution in [2.75, 3.05) is 27.3 Å². The molecular formula is C41H46N8O8. The fraction of sp³-hybridized carbons (Fsp3) is 0.439. The number of alkyl carbamates (subject to hydrolysis) is 2. The average Bonchev–Trinajstić information content (AvgIpc) is 3.95. The van der Waals surface area contributed by atoms with Gasteiger partial charge < -0.3 is 45.0 Å². The number of likely N-dealkylation sites (tertiary alicyclic amines) is 2. The number of nitrogens with one attached hydrogen (secondary N) is 4. The minimum absolute atomic E-state index is 0.0868. The van der Waals surface area contributed by atoms with E-state index in [-0.39, 0.29) is 41.3 Å². The van der Waals surface area contributed by atoms with E-state index in [1.165, 1.54) is 14.2 Å². The number of aromatic carboxylic acids is 1. The number of amides is 4. The quantitative estimate of drug-likeness (QED) is 0.123. The smallest absolute Gasteiger partial charge is 0.407 e. The van der Waals surface area contributed by atoms with Crippen LogP contribution in [0.1, 0.15) is 85.5 Å². The number of hydrogen-bond acceptors (Lipinski definition) is 9. The third kappa shape index (κ3) is 7.80. The molecule has 2 saturated heterocycles. The summed E-state index contributed by atoms with van der Waals surface area (Å²) in [4.78, 5) is 83.3. The maximum absolute atomic E-state index is 13.6. The molecule has 2 aliphatic carbocycles. The van der Waals surface area contributed by atoms with Gasteiger partial charge in [-0.05, 0) is 86.0 Å². The molecule has 0 spiro atoms. The van der Waals surface area contributed by atoms with E-state index in [0.29, 0.717) is 48.0 Å². The van der Waals surface area contributed by atoms with Crippen molar-refractivity contribution in [1.29, 1.82) is 0 Å². The number of H-pyrrole nitrogens is 2. The molecule has 4 atom stereocenters. The van der Waals surface area contributed by atoms with Crippen molar-refractivity contribution < 1.29 is 38.6 Å². The SMILES string of the molecule is COC(=O)N[C@H](C(=O)N1CCC[C@H]1c1ncc(-c2ccc(-c3ccc(-c4cnc([C@@H]5CCCN5C(=O)[C@@H](NC(=O)OC)C5CC5)[nH]4)cc3C(=O)O)cc2)[nH]1)C1CC1. The van der Waals surface area contributed by atoms with Crippen molar-refractivity contribution in [2.45, 2.75) is 75.5 Å². The third-order valence-corrected chi connectivity index (χ3v) is 11.6. The third-order valence-electron chi connectivity index (χ3n) is 11.6. The first-order valence-corrected chi connectivity index (χ1v) is 19.5. The highest BCUT2D eigenvalue weighted by molar-refractivity contribution is 5.97. The molecule has 2 aromatic heterocycles. The number of benzene rings is 2. The molecule has 5 N–H and O–H groups in total. The second kappa shape index (κ2) is 15.7. The van der Waals surface area contributed by atoms with E-state index in [0.717, 1.165) is 61.8 Å². The highest BCUT2D eigenvalue weighted by Gasteiger charge is 2.44. The van der Waals surface area contributed by atoms with Gasteiger partial charge in [0.1, 0.15) is 23.7 Å². The summed E-state index contributed by atoms with van der Waals surface area (Å²) < 4.78 is 9.53. The van der Waals surface area contributed by atoms with E-state index in [2.05, 4.69) is 30.6 Å². The van der Waals surface area contributed by atoms with Crippen LogP contribution in [-0.4, -0.2) is 104 Å². The van der Waals surface area contributed by atoms with Crippen molar-refractivity contribution in [3.8, 4) is 33.6 Å². The van der Waals surface area contributed by atoms with Gasteiger partial charge >= 0.3 is 18.2 Å². The maximum atomic E-state index is 13.6. The monoisotopic (exact) mass is 778 g/mol. The Bertz CT molecular complexity index is 2170. The molecule has 0 unspecified atom stereocenters. The summed E-state index contributed by atoms with van der Waals surface area (Å²) in [5.74, 6) is 0.115. The first-order valence-electron chi connectivity index (χ1n) is 19.5. The van der Waals surface area contributed by atoms with E-state index in [9.17, 15) is 29.1 Å². The summed E-state index contributed by atoms with van der Waals surface area (Å²) in [6, 6.07) is 11.0. The van der Waals surface area contributed by atoms with Gasteiger partial charge in [0.2, 0.25) is 11.8 Å². The van der Waals surface area contributed by atoms with Gasteiger partial charge in [-0.1, -0.05) is 36.4 Å². The Balaban J connectivity index is 0.965. The normalized spacial score (nSPS) is 20.2. The van der Waals surface area contributed by atoms with E-state index in [1.54, 1.807) is 34.3 Å². The minimum atomic E-state index is -1.08. The number of methoxy groups -OCH3 is 2. The van der Waals surface area contributed by atoms with Gasteiger partial charge in [0.05, 0.1) is 55.6 Å². The molecule has 0 bridgehead atoms. The molecule has 298 valence electrons. The van der Waals surface area contributed by atoms with E-state index in [1.807, 2.05) is 30.3 Å². The number of ether oxygens (including phenoxy) is 2. The molecule has 16 nitrogen and oxygen atoms in total. The van der Waals surface area contributed by atoms with Crippen LogP contribution in [0, 0.1) is 11.8 Å². The number of rotatable bonds is 12. The molecule has 16 heteroatoms. The summed E-state index contributed by atoms with van der Waals surface area (Å²) in [5, 5.41) is 15.7. The molecule has 4 amide bonds. The van der Waals surface area contributed by atoms with Crippen molar-refractivity contribution in [1.82, 2.24) is 40.4 Å². The first-order chi connectivity index (χ1) is 27.6. The molecule has 4 aromatic rings. The fourth-order valence-corrected chi connectivity index (χ4v) is 8.26. The van der Waals surface area contributed by atoms with Gasteiger partial charge in [0.25, 0.3) is 0 Å². The number of carboxylic acid groups (broad SMARTS) is 1. The number of aromatic nitrogens is 4. The molecule has 4 aliphatic rings. The zero-order chi connectivity index (χ0) is 39.8. The predicted octanol–water partition coefficient (Wildman–Crippen LogP) is 5.43. The van der Waals surface area contributed by atoms with Gasteiger partial charge in [-0.25, -0.2) is 24.4 Å². The van der Waals surface area contributed by atoms with Crippen molar-refractivity contribution in [2.24, 2.45) is 11.8 Å². The number of aromatic amines is 2. The standard InChI is InChI=1S/C41H46N8O8/c1-56-40(54)46-33(24-11-12-24)37(50)48-17-3-5-31(48)35-42-20-29(44-35)23-9-7-22(8-10-23)27-16-15-26(19-28(27)39(52)53)30-21-43-36(45-30)32-6-4-18-49(32)38(51)34(25-13-14-25)47-41(55)57-2/h7-10,15-16,19-21,24-25,31-34H,3-6,11-14,17-18H2,1-2H3,(H,42,44)(H,43,45)(H,46,54)(H,47,55)(H,52,53)/t31-,32-,33-,34-/m0/s1. The summed E-state index contributed by atoms with van der Waals surface area (Å²) in [6.07, 6.45) is 8.71. The molecule has 2 saturated carbocycles. The van der Waals surface area contributed by atoms with Crippen molar-refractivity contribution in [3.63, 3.8) is 0 Å². The Morgan fingerprint density at radius 3 is 1.60 bits per heavy atom. The van der Waals surface area contributed by atoms with Crippen LogP contribution >= 0.6 is 0 Å². The molecule has 4 fully saturated rings. The zero-order valence-corrected chi connectivity index (χ0v) is 31.8. The fourth-order valence-electron chi connectivity index (χ4n) is 8.26. The maximum Gasteiger partial charge on any atom is 0.407 e. The Hall–Kier alpha value is -6.19. The van der Waals surface area contributed by atoms with Gasteiger partial charge in [-0.3, -0.25) is 9.59 Å². The van der Waals surface area contributed by atoms with Crippen LogP contribution in [0.5, 0.6) is 0 Å². The molecule has 8 rings (SSSR count). The molecule has 57 heavy (non-hydrogen) atoms. The second-order valence-electron chi connectivity index (χ2n) is 15.3. The molecule has 4 heterocycles. The van der Waals surface area contributed by atoms with Gasteiger partial charge in [0.15, 0.2) is 0 Å². The van der Waals surface area contributed by atoms with Crippen LogP contribution in [0.4, 0.5) is 9.59 Å². The van der Waals surface area contributed by atoms with Crippen LogP contribution < -0.4 is 10.6 Å². The van der Waals surface area contributed by atoms with Crippen molar-refractivity contribution in [3.05, 3.63) is 72.1 Å². The lowest BCUT2D eigenvalue weighted by atomic mass is 9.95. The highest BCUT2D eigenvalue weighted by Crippen LogP contribution is 2.40. The van der Waals surface area contributed by atoms with Crippen LogP contribution in [0.2, 0.25) is 0 Å². The van der Waals surface area contributed by atoms with E-state index in [4.69, 9.17) is 9.47 Å². The number of carbonyl (C=O) groups excluding carboxylic acids is 4. The largest absolute Gasteiger partial charge is 0.478 e. The Morgan fingerprint density at radius 2 is 1.14 bits per heavy atom. The van der Waals surface area contributed by atoms with Crippen LogP contribution in [-0.2, 0) is 19.1 Å². The molecule has 2 aromatic carbocycles. The summed E-state index contributed by atoms with van der Waals surface area (Å²) in [7, 11) is 2.57. The van der Waals surface area contributed by atoms with Gasteiger partial charge in [-0.2, -0.15) is 0 Å². The molecule has 0 radical (unpaired) electrons. The number of hydrogen-bond donors (Lipinski definition) is 5.